The lowest BCUT2D eigenvalue weighted by Crippen LogP contribution is -1.96. The minimum atomic E-state index is -2.53. The highest BCUT2D eigenvalue weighted by molar-refractivity contribution is 5.51. The lowest BCUT2D eigenvalue weighted by Gasteiger charge is -2.08. The summed E-state index contributed by atoms with van der Waals surface area (Å²) in [6, 6.07) is 2.71. The SMILES string of the molecule is OCCCc1cc(C(F)F)cc2c1OCO2. The van der Waals surface area contributed by atoms with E-state index in [1.807, 2.05) is 0 Å². The van der Waals surface area contributed by atoms with E-state index in [4.69, 9.17) is 14.6 Å². The van der Waals surface area contributed by atoms with Crippen molar-refractivity contribution < 1.29 is 23.4 Å². The van der Waals surface area contributed by atoms with Crippen molar-refractivity contribution in [2.75, 3.05) is 13.4 Å². The Morgan fingerprint density at radius 2 is 2.12 bits per heavy atom. The van der Waals surface area contributed by atoms with E-state index in [2.05, 4.69) is 0 Å². The average molecular weight is 230 g/mol. The number of fused-ring (bicyclic) bond motifs is 1. The Labute approximate surface area is 91.6 Å². The van der Waals surface area contributed by atoms with Crippen LogP contribution in [0.2, 0.25) is 0 Å². The van der Waals surface area contributed by atoms with Gasteiger partial charge in [-0.1, -0.05) is 0 Å². The molecular weight excluding hydrogens is 218 g/mol. The highest BCUT2D eigenvalue weighted by atomic mass is 19.3. The molecule has 0 fully saturated rings. The summed E-state index contributed by atoms with van der Waals surface area (Å²) in [6.07, 6.45) is -1.51. The van der Waals surface area contributed by atoms with Crippen molar-refractivity contribution in [2.24, 2.45) is 0 Å². The topological polar surface area (TPSA) is 38.7 Å². The van der Waals surface area contributed by atoms with Gasteiger partial charge in [0.2, 0.25) is 6.79 Å². The quantitative estimate of drug-likeness (QED) is 0.862. The maximum absolute atomic E-state index is 12.6. The largest absolute Gasteiger partial charge is 0.454 e. The molecule has 1 heterocycles. The number of aryl methyl sites for hydroxylation is 1. The first kappa shape index (κ1) is 11.1. The molecule has 0 bridgehead atoms. The first-order valence-corrected chi connectivity index (χ1v) is 5.04. The Morgan fingerprint density at radius 1 is 1.31 bits per heavy atom. The van der Waals surface area contributed by atoms with Crippen LogP contribution in [0.5, 0.6) is 11.5 Å². The predicted molar refractivity (Wildman–Crippen MR) is 52.9 cm³/mol. The molecule has 1 aliphatic rings. The van der Waals surface area contributed by atoms with Crippen LogP contribution in [0, 0.1) is 0 Å². The van der Waals surface area contributed by atoms with Gasteiger partial charge < -0.3 is 14.6 Å². The molecule has 0 unspecified atom stereocenters. The van der Waals surface area contributed by atoms with E-state index in [1.54, 1.807) is 0 Å². The smallest absolute Gasteiger partial charge is 0.263 e. The highest BCUT2D eigenvalue weighted by Gasteiger charge is 2.21. The predicted octanol–water partition coefficient (Wildman–Crippen LogP) is 2.28. The molecule has 0 atom stereocenters. The first-order chi connectivity index (χ1) is 7.72. The van der Waals surface area contributed by atoms with Crippen LogP contribution < -0.4 is 9.47 Å². The summed E-state index contributed by atoms with van der Waals surface area (Å²) in [5, 5.41) is 8.73. The van der Waals surface area contributed by atoms with E-state index in [9.17, 15) is 8.78 Å². The molecule has 0 spiro atoms. The zero-order valence-corrected chi connectivity index (χ0v) is 8.58. The van der Waals surface area contributed by atoms with Gasteiger partial charge in [0.05, 0.1) is 0 Å². The molecule has 1 N–H and O–H groups in total. The molecule has 0 amide bonds. The van der Waals surface area contributed by atoms with Crippen LogP contribution in [0.15, 0.2) is 12.1 Å². The van der Waals surface area contributed by atoms with Crippen molar-refractivity contribution in [3.8, 4) is 11.5 Å². The molecule has 0 radical (unpaired) electrons. The van der Waals surface area contributed by atoms with Gasteiger partial charge >= 0.3 is 0 Å². The van der Waals surface area contributed by atoms with Crippen LogP contribution >= 0.6 is 0 Å². The number of hydrogen-bond acceptors (Lipinski definition) is 3. The third kappa shape index (κ3) is 2.09. The number of aliphatic hydroxyl groups is 1. The minimum Gasteiger partial charge on any atom is -0.454 e. The molecular formula is C11H12F2O3. The van der Waals surface area contributed by atoms with Crippen LogP contribution in [-0.4, -0.2) is 18.5 Å². The summed E-state index contributed by atoms with van der Waals surface area (Å²) >= 11 is 0. The molecule has 16 heavy (non-hydrogen) atoms. The molecule has 1 aromatic carbocycles. The maximum Gasteiger partial charge on any atom is 0.263 e. The van der Waals surface area contributed by atoms with Crippen molar-refractivity contribution in [1.82, 2.24) is 0 Å². The molecule has 0 saturated heterocycles. The maximum atomic E-state index is 12.6. The molecule has 2 rings (SSSR count). The van der Waals surface area contributed by atoms with Gasteiger partial charge in [0.1, 0.15) is 0 Å². The third-order valence-electron chi connectivity index (χ3n) is 2.43. The van der Waals surface area contributed by atoms with Gasteiger partial charge in [0.15, 0.2) is 11.5 Å². The molecule has 1 aliphatic heterocycles. The van der Waals surface area contributed by atoms with Crippen molar-refractivity contribution in [1.29, 1.82) is 0 Å². The van der Waals surface area contributed by atoms with E-state index in [0.29, 0.717) is 29.9 Å². The Balaban J connectivity index is 2.33. The van der Waals surface area contributed by atoms with Crippen LogP contribution in [0.25, 0.3) is 0 Å². The zero-order chi connectivity index (χ0) is 11.5. The summed E-state index contributed by atoms with van der Waals surface area (Å²) in [5.41, 5.74) is 0.594. The van der Waals surface area contributed by atoms with E-state index >= 15 is 0 Å². The second kappa shape index (κ2) is 4.65. The molecule has 0 saturated carbocycles. The third-order valence-corrected chi connectivity index (χ3v) is 2.43. The van der Waals surface area contributed by atoms with E-state index < -0.39 is 6.43 Å². The number of hydrogen-bond donors (Lipinski definition) is 1. The summed E-state index contributed by atoms with van der Waals surface area (Å²) in [6.45, 7) is 0.0860. The summed E-state index contributed by atoms with van der Waals surface area (Å²) in [7, 11) is 0. The molecule has 3 nitrogen and oxygen atoms in total. The molecule has 88 valence electrons. The standard InChI is InChI=1S/C11H12F2O3/c12-11(13)8-4-7(2-1-3-14)10-9(5-8)15-6-16-10/h4-5,11,14H,1-3,6H2. The highest BCUT2D eigenvalue weighted by Crippen LogP contribution is 2.39. The van der Waals surface area contributed by atoms with Crippen LogP contribution in [0.4, 0.5) is 8.78 Å². The fraction of sp³-hybridized carbons (Fsp3) is 0.455. The number of ether oxygens (including phenoxy) is 2. The van der Waals surface area contributed by atoms with E-state index in [1.165, 1.54) is 12.1 Å². The number of alkyl halides is 2. The number of rotatable bonds is 4. The van der Waals surface area contributed by atoms with E-state index in [0.717, 1.165) is 0 Å². The lowest BCUT2D eigenvalue weighted by molar-refractivity contribution is 0.150. The van der Waals surface area contributed by atoms with Gasteiger partial charge in [0.25, 0.3) is 6.43 Å². The van der Waals surface area contributed by atoms with Gasteiger partial charge in [-0.3, -0.25) is 0 Å². The zero-order valence-electron chi connectivity index (χ0n) is 8.58. The monoisotopic (exact) mass is 230 g/mol. The average Bonchev–Trinajstić information content (AvgIpc) is 2.73. The van der Waals surface area contributed by atoms with Crippen LogP contribution in [-0.2, 0) is 6.42 Å². The summed E-state index contributed by atoms with van der Waals surface area (Å²) in [5.74, 6) is 0.892. The lowest BCUT2D eigenvalue weighted by atomic mass is 10.0. The second-order valence-electron chi connectivity index (χ2n) is 3.54. The number of halogens is 2. The van der Waals surface area contributed by atoms with Crippen LogP contribution in [0.1, 0.15) is 24.0 Å². The Bertz CT molecular complexity index is 380. The summed E-state index contributed by atoms with van der Waals surface area (Å²) < 4.78 is 35.5. The summed E-state index contributed by atoms with van der Waals surface area (Å²) in [4.78, 5) is 0. The molecule has 5 heteroatoms. The number of benzene rings is 1. The van der Waals surface area contributed by atoms with Gasteiger partial charge in [0, 0.05) is 12.2 Å². The van der Waals surface area contributed by atoms with Gasteiger partial charge in [-0.2, -0.15) is 0 Å². The van der Waals surface area contributed by atoms with E-state index in [-0.39, 0.29) is 19.0 Å². The van der Waals surface area contributed by atoms with Crippen molar-refractivity contribution in [2.45, 2.75) is 19.3 Å². The Kier molecular flexibility index (Phi) is 3.24. The fourth-order valence-electron chi connectivity index (χ4n) is 1.69. The first-order valence-electron chi connectivity index (χ1n) is 5.04. The van der Waals surface area contributed by atoms with Crippen LogP contribution in [0.3, 0.4) is 0 Å². The molecule has 0 aromatic heterocycles. The second-order valence-corrected chi connectivity index (χ2v) is 3.54. The van der Waals surface area contributed by atoms with Gasteiger partial charge in [-0.25, -0.2) is 8.78 Å². The van der Waals surface area contributed by atoms with Gasteiger partial charge in [-0.15, -0.1) is 0 Å². The minimum absolute atomic E-state index is 0.0224. The fourth-order valence-corrected chi connectivity index (χ4v) is 1.69. The molecule has 0 aliphatic carbocycles. The van der Waals surface area contributed by atoms with Crippen molar-refractivity contribution in [3.05, 3.63) is 23.3 Å². The molecule has 1 aromatic rings. The van der Waals surface area contributed by atoms with Gasteiger partial charge in [-0.05, 0) is 30.5 Å². The van der Waals surface area contributed by atoms with Crippen molar-refractivity contribution >= 4 is 0 Å². The Hall–Kier alpha value is -1.36. The normalized spacial score (nSPS) is 13.5. The van der Waals surface area contributed by atoms with Crippen molar-refractivity contribution in [3.63, 3.8) is 0 Å². The number of aliphatic hydroxyl groups excluding tert-OH is 1. The Morgan fingerprint density at radius 3 is 2.81 bits per heavy atom.